The SMILES string of the molecule is COc1ccccc1Cc1noc(C2CN(C(=O)C(C)C)C2)n1. The Morgan fingerprint density at radius 3 is 2.83 bits per heavy atom. The van der Waals surface area contributed by atoms with Gasteiger partial charge in [0.15, 0.2) is 5.82 Å². The van der Waals surface area contributed by atoms with Crippen molar-refractivity contribution >= 4 is 5.91 Å². The lowest BCUT2D eigenvalue weighted by atomic mass is 9.98. The molecule has 0 unspecified atom stereocenters. The summed E-state index contributed by atoms with van der Waals surface area (Å²) >= 11 is 0. The van der Waals surface area contributed by atoms with Crippen molar-refractivity contribution in [1.29, 1.82) is 0 Å². The first-order valence-corrected chi connectivity index (χ1v) is 7.81. The van der Waals surface area contributed by atoms with Crippen LogP contribution in [0.1, 0.15) is 37.0 Å². The summed E-state index contributed by atoms with van der Waals surface area (Å²) in [6.07, 6.45) is 0.564. The lowest BCUT2D eigenvalue weighted by molar-refractivity contribution is -0.139. The number of amides is 1. The number of hydrogen-bond donors (Lipinski definition) is 0. The predicted molar refractivity (Wildman–Crippen MR) is 84.3 cm³/mol. The van der Waals surface area contributed by atoms with Gasteiger partial charge in [-0.05, 0) is 6.07 Å². The third kappa shape index (κ3) is 3.21. The summed E-state index contributed by atoms with van der Waals surface area (Å²) in [6.45, 7) is 5.14. The standard InChI is InChI=1S/C17H21N3O3/c1-11(2)17(21)20-9-13(10-20)16-18-15(19-23-16)8-12-6-4-5-7-14(12)22-3/h4-7,11,13H,8-10H2,1-3H3. The molecule has 1 fully saturated rings. The molecule has 1 aliphatic rings. The number of benzene rings is 1. The van der Waals surface area contributed by atoms with Crippen LogP contribution in [0.25, 0.3) is 0 Å². The molecule has 1 saturated heterocycles. The molecule has 1 aliphatic heterocycles. The van der Waals surface area contributed by atoms with Gasteiger partial charge in [-0.1, -0.05) is 37.2 Å². The highest BCUT2D eigenvalue weighted by Crippen LogP contribution is 2.27. The summed E-state index contributed by atoms with van der Waals surface area (Å²) in [5, 5.41) is 4.05. The molecule has 2 heterocycles. The van der Waals surface area contributed by atoms with Crippen LogP contribution in [0, 0.1) is 5.92 Å². The number of rotatable bonds is 5. The van der Waals surface area contributed by atoms with Crippen LogP contribution in [-0.4, -0.2) is 41.1 Å². The normalized spacial score (nSPS) is 14.9. The minimum absolute atomic E-state index is 0.0275. The van der Waals surface area contributed by atoms with Crippen LogP contribution in [0.4, 0.5) is 0 Å². The number of carbonyl (C=O) groups is 1. The van der Waals surface area contributed by atoms with E-state index in [1.54, 1.807) is 7.11 Å². The summed E-state index contributed by atoms with van der Waals surface area (Å²) in [6, 6.07) is 7.79. The van der Waals surface area contributed by atoms with E-state index < -0.39 is 0 Å². The van der Waals surface area contributed by atoms with Crippen LogP contribution in [0.2, 0.25) is 0 Å². The Bertz CT molecular complexity index is 690. The van der Waals surface area contributed by atoms with E-state index >= 15 is 0 Å². The van der Waals surface area contributed by atoms with Gasteiger partial charge in [-0.2, -0.15) is 4.98 Å². The van der Waals surface area contributed by atoms with E-state index in [2.05, 4.69) is 10.1 Å². The largest absolute Gasteiger partial charge is 0.496 e. The van der Waals surface area contributed by atoms with Gasteiger partial charge in [-0.25, -0.2) is 0 Å². The zero-order chi connectivity index (χ0) is 16.4. The number of carbonyl (C=O) groups excluding carboxylic acids is 1. The fourth-order valence-electron chi connectivity index (χ4n) is 2.70. The first kappa shape index (κ1) is 15.5. The number of methoxy groups -OCH3 is 1. The van der Waals surface area contributed by atoms with Crippen molar-refractivity contribution in [1.82, 2.24) is 15.0 Å². The molecule has 1 aromatic carbocycles. The number of para-hydroxylation sites is 1. The van der Waals surface area contributed by atoms with E-state index in [1.807, 2.05) is 43.0 Å². The molecule has 122 valence electrons. The lowest BCUT2D eigenvalue weighted by Gasteiger charge is -2.38. The summed E-state index contributed by atoms with van der Waals surface area (Å²) in [5.41, 5.74) is 1.02. The van der Waals surface area contributed by atoms with E-state index in [1.165, 1.54) is 0 Å². The molecule has 0 N–H and O–H groups in total. The molecular weight excluding hydrogens is 294 g/mol. The van der Waals surface area contributed by atoms with Gasteiger partial charge in [0.2, 0.25) is 11.8 Å². The number of ether oxygens (including phenoxy) is 1. The molecule has 23 heavy (non-hydrogen) atoms. The third-order valence-corrected chi connectivity index (χ3v) is 4.06. The summed E-state index contributed by atoms with van der Waals surface area (Å²) in [7, 11) is 1.65. The van der Waals surface area contributed by atoms with Crippen molar-refractivity contribution < 1.29 is 14.1 Å². The summed E-state index contributed by atoms with van der Waals surface area (Å²) in [4.78, 5) is 18.2. The zero-order valence-electron chi connectivity index (χ0n) is 13.7. The molecule has 0 saturated carbocycles. The van der Waals surface area contributed by atoms with Crippen molar-refractivity contribution in [3.8, 4) is 5.75 Å². The van der Waals surface area contributed by atoms with Gasteiger partial charge in [0.05, 0.1) is 13.0 Å². The Kier molecular flexibility index (Phi) is 4.32. The van der Waals surface area contributed by atoms with Crippen LogP contribution in [0.15, 0.2) is 28.8 Å². The maximum atomic E-state index is 11.9. The fourth-order valence-corrected chi connectivity index (χ4v) is 2.70. The van der Waals surface area contributed by atoms with Crippen molar-refractivity contribution in [2.45, 2.75) is 26.2 Å². The van der Waals surface area contributed by atoms with Crippen LogP contribution < -0.4 is 4.74 Å². The topological polar surface area (TPSA) is 68.5 Å². The minimum atomic E-state index is 0.0275. The molecule has 0 spiro atoms. The van der Waals surface area contributed by atoms with Gasteiger partial charge in [-0.3, -0.25) is 4.79 Å². The van der Waals surface area contributed by atoms with E-state index in [9.17, 15) is 4.79 Å². The third-order valence-electron chi connectivity index (χ3n) is 4.06. The maximum absolute atomic E-state index is 11.9. The molecule has 1 aromatic heterocycles. The quantitative estimate of drug-likeness (QED) is 0.846. The van der Waals surface area contributed by atoms with Crippen molar-refractivity contribution in [2.24, 2.45) is 5.92 Å². The average Bonchev–Trinajstić information content (AvgIpc) is 2.94. The maximum Gasteiger partial charge on any atom is 0.233 e. The molecule has 1 amide bonds. The van der Waals surface area contributed by atoms with Gasteiger partial charge in [0.1, 0.15) is 5.75 Å². The summed E-state index contributed by atoms with van der Waals surface area (Å²) in [5.74, 6) is 2.42. The molecule has 6 heteroatoms. The number of nitrogens with zero attached hydrogens (tertiary/aromatic N) is 3. The second-order valence-electron chi connectivity index (χ2n) is 6.13. The van der Waals surface area contributed by atoms with Crippen LogP contribution >= 0.6 is 0 Å². The van der Waals surface area contributed by atoms with Gasteiger partial charge in [-0.15, -0.1) is 0 Å². The smallest absolute Gasteiger partial charge is 0.233 e. The van der Waals surface area contributed by atoms with E-state index in [4.69, 9.17) is 9.26 Å². The lowest BCUT2D eigenvalue weighted by Crippen LogP contribution is -2.50. The Labute approximate surface area is 135 Å². The number of likely N-dealkylation sites (tertiary alicyclic amines) is 1. The Morgan fingerprint density at radius 2 is 2.13 bits per heavy atom. The molecule has 3 rings (SSSR count). The highest BCUT2D eigenvalue weighted by molar-refractivity contribution is 5.79. The van der Waals surface area contributed by atoms with E-state index in [0.29, 0.717) is 31.2 Å². The number of aromatic nitrogens is 2. The Morgan fingerprint density at radius 1 is 1.39 bits per heavy atom. The van der Waals surface area contributed by atoms with Crippen LogP contribution in [0.3, 0.4) is 0 Å². The monoisotopic (exact) mass is 315 g/mol. The highest BCUT2D eigenvalue weighted by Gasteiger charge is 2.36. The first-order chi connectivity index (χ1) is 11.1. The van der Waals surface area contributed by atoms with Crippen LogP contribution in [-0.2, 0) is 11.2 Å². The van der Waals surface area contributed by atoms with E-state index in [0.717, 1.165) is 11.3 Å². The van der Waals surface area contributed by atoms with Crippen molar-refractivity contribution in [3.05, 3.63) is 41.5 Å². The average molecular weight is 315 g/mol. The highest BCUT2D eigenvalue weighted by atomic mass is 16.5. The van der Waals surface area contributed by atoms with Gasteiger partial charge in [0.25, 0.3) is 0 Å². The molecule has 0 atom stereocenters. The number of hydrogen-bond acceptors (Lipinski definition) is 5. The first-order valence-electron chi connectivity index (χ1n) is 7.81. The van der Waals surface area contributed by atoms with Gasteiger partial charge >= 0.3 is 0 Å². The van der Waals surface area contributed by atoms with Gasteiger partial charge in [0, 0.05) is 31.0 Å². The van der Waals surface area contributed by atoms with Crippen molar-refractivity contribution in [3.63, 3.8) is 0 Å². The second-order valence-corrected chi connectivity index (χ2v) is 6.13. The zero-order valence-corrected chi connectivity index (χ0v) is 13.7. The minimum Gasteiger partial charge on any atom is -0.496 e. The molecule has 0 aliphatic carbocycles. The second kappa shape index (κ2) is 6.40. The Balaban J connectivity index is 1.62. The predicted octanol–water partition coefficient (Wildman–Crippen LogP) is 2.25. The molecule has 6 nitrogen and oxygen atoms in total. The molecule has 0 radical (unpaired) electrons. The molecule has 0 bridgehead atoms. The van der Waals surface area contributed by atoms with Crippen molar-refractivity contribution in [2.75, 3.05) is 20.2 Å². The van der Waals surface area contributed by atoms with E-state index in [-0.39, 0.29) is 17.7 Å². The molecular formula is C17H21N3O3. The van der Waals surface area contributed by atoms with Crippen LogP contribution in [0.5, 0.6) is 5.75 Å². The summed E-state index contributed by atoms with van der Waals surface area (Å²) < 4.78 is 10.7. The fraction of sp³-hybridized carbons (Fsp3) is 0.471. The molecule has 2 aromatic rings. The van der Waals surface area contributed by atoms with Gasteiger partial charge < -0.3 is 14.2 Å². The Hall–Kier alpha value is -2.37.